The van der Waals surface area contributed by atoms with E-state index in [4.69, 9.17) is 9.15 Å². The molecule has 0 bridgehead atoms. The Morgan fingerprint density at radius 2 is 2.05 bits per heavy atom. The highest BCUT2D eigenvalue weighted by Crippen LogP contribution is 2.12. The van der Waals surface area contributed by atoms with Crippen LogP contribution in [0.25, 0.3) is 0 Å². The number of rotatable bonds is 5. The molecular weight excluding hydrogens is 268 g/mol. The average molecular weight is 286 g/mol. The van der Waals surface area contributed by atoms with Crippen LogP contribution in [-0.2, 0) is 11.2 Å². The number of hydrazone groups is 1. The first-order chi connectivity index (χ1) is 10.1. The van der Waals surface area contributed by atoms with Crippen molar-refractivity contribution >= 4 is 12.1 Å². The van der Waals surface area contributed by atoms with Crippen LogP contribution in [0.4, 0.5) is 0 Å². The van der Waals surface area contributed by atoms with Gasteiger partial charge in [-0.05, 0) is 37.6 Å². The van der Waals surface area contributed by atoms with Crippen molar-refractivity contribution in [3.63, 3.8) is 0 Å². The molecule has 0 aliphatic rings. The summed E-state index contributed by atoms with van der Waals surface area (Å²) in [6, 6.07) is 9.22. The van der Waals surface area contributed by atoms with E-state index >= 15 is 0 Å². The van der Waals surface area contributed by atoms with Crippen LogP contribution in [0.1, 0.15) is 22.6 Å². The van der Waals surface area contributed by atoms with Crippen molar-refractivity contribution in [3.05, 3.63) is 53.0 Å². The number of furan rings is 1. The molecule has 0 saturated carbocycles. The summed E-state index contributed by atoms with van der Waals surface area (Å²) in [5, 5.41) is 3.94. The maximum Gasteiger partial charge on any atom is 0.244 e. The van der Waals surface area contributed by atoms with Gasteiger partial charge in [0.1, 0.15) is 17.3 Å². The zero-order valence-corrected chi connectivity index (χ0v) is 12.3. The number of methoxy groups -OCH3 is 1. The number of carbonyl (C=O) groups is 1. The van der Waals surface area contributed by atoms with Gasteiger partial charge < -0.3 is 9.15 Å². The van der Waals surface area contributed by atoms with Crippen molar-refractivity contribution in [1.82, 2.24) is 5.43 Å². The maximum absolute atomic E-state index is 11.8. The molecule has 0 atom stereocenters. The minimum absolute atomic E-state index is 0.172. The van der Waals surface area contributed by atoms with Crippen LogP contribution < -0.4 is 10.2 Å². The second-order valence-corrected chi connectivity index (χ2v) is 4.69. The van der Waals surface area contributed by atoms with Gasteiger partial charge in [0.15, 0.2) is 0 Å². The van der Waals surface area contributed by atoms with E-state index in [2.05, 4.69) is 10.5 Å². The molecular formula is C16H18N2O3. The summed E-state index contributed by atoms with van der Waals surface area (Å²) < 4.78 is 10.4. The van der Waals surface area contributed by atoms with Gasteiger partial charge in [0.25, 0.3) is 0 Å². The first-order valence-corrected chi connectivity index (χ1v) is 6.60. The van der Waals surface area contributed by atoms with Crippen molar-refractivity contribution in [3.8, 4) is 5.75 Å². The number of ether oxygens (including phenoxy) is 1. The van der Waals surface area contributed by atoms with Crippen molar-refractivity contribution in [2.75, 3.05) is 7.11 Å². The quantitative estimate of drug-likeness (QED) is 0.678. The lowest BCUT2D eigenvalue weighted by molar-refractivity contribution is -0.120. The lowest BCUT2D eigenvalue weighted by atomic mass is 10.1. The predicted molar refractivity (Wildman–Crippen MR) is 80.6 cm³/mol. The molecule has 21 heavy (non-hydrogen) atoms. The van der Waals surface area contributed by atoms with Crippen LogP contribution in [0.3, 0.4) is 0 Å². The van der Waals surface area contributed by atoms with Gasteiger partial charge >= 0.3 is 0 Å². The summed E-state index contributed by atoms with van der Waals surface area (Å²) in [6.45, 7) is 3.72. The fourth-order valence-corrected chi connectivity index (χ4v) is 1.92. The normalized spacial score (nSPS) is 10.8. The lowest BCUT2D eigenvalue weighted by Gasteiger charge is -2.02. The molecule has 1 aromatic carbocycles. The third-order valence-electron chi connectivity index (χ3n) is 3.00. The van der Waals surface area contributed by atoms with Gasteiger partial charge in [-0.2, -0.15) is 5.10 Å². The second-order valence-electron chi connectivity index (χ2n) is 4.69. The van der Waals surface area contributed by atoms with E-state index in [9.17, 15) is 4.79 Å². The monoisotopic (exact) mass is 286 g/mol. The van der Waals surface area contributed by atoms with Crippen LogP contribution in [-0.4, -0.2) is 19.2 Å². The van der Waals surface area contributed by atoms with Gasteiger partial charge in [-0.15, -0.1) is 0 Å². The van der Waals surface area contributed by atoms with E-state index in [1.165, 1.54) is 0 Å². The summed E-state index contributed by atoms with van der Waals surface area (Å²) in [6.07, 6.45) is 1.85. The Morgan fingerprint density at radius 1 is 1.33 bits per heavy atom. The number of hydrogen-bond donors (Lipinski definition) is 1. The third kappa shape index (κ3) is 4.21. The Kier molecular flexibility index (Phi) is 4.77. The Balaban J connectivity index is 1.88. The van der Waals surface area contributed by atoms with E-state index < -0.39 is 0 Å². The van der Waals surface area contributed by atoms with Gasteiger partial charge in [0.05, 0.1) is 19.7 Å². The molecule has 1 aromatic heterocycles. The van der Waals surface area contributed by atoms with Crippen LogP contribution in [0.2, 0.25) is 0 Å². The standard InChI is InChI=1S/C16H18N2O3/c1-11-8-14(12(2)21-11)10-17-18-16(19)9-13-4-6-15(20-3)7-5-13/h4-8,10H,9H2,1-3H3,(H,18,19)/b17-10-. The summed E-state index contributed by atoms with van der Waals surface area (Å²) in [5.74, 6) is 2.19. The molecule has 5 nitrogen and oxygen atoms in total. The Bertz CT molecular complexity index is 642. The van der Waals surface area contributed by atoms with Gasteiger partial charge in [-0.25, -0.2) is 5.43 Å². The van der Waals surface area contributed by atoms with Crippen molar-refractivity contribution in [1.29, 1.82) is 0 Å². The van der Waals surface area contributed by atoms with E-state index in [0.29, 0.717) is 0 Å². The van der Waals surface area contributed by atoms with Gasteiger partial charge in [-0.1, -0.05) is 12.1 Å². The Morgan fingerprint density at radius 3 is 2.62 bits per heavy atom. The summed E-state index contributed by atoms with van der Waals surface area (Å²) in [4.78, 5) is 11.8. The number of amides is 1. The molecule has 5 heteroatoms. The van der Waals surface area contributed by atoms with E-state index in [1.807, 2.05) is 44.2 Å². The highest BCUT2D eigenvalue weighted by Gasteiger charge is 2.04. The van der Waals surface area contributed by atoms with Crippen molar-refractivity contribution in [2.24, 2.45) is 5.10 Å². The molecule has 110 valence electrons. The molecule has 0 aliphatic heterocycles. The SMILES string of the molecule is COc1ccc(CC(=O)N/N=C\c2cc(C)oc2C)cc1. The molecule has 0 radical (unpaired) electrons. The lowest BCUT2D eigenvalue weighted by Crippen LogP contribution is -2.19. The van der Waals surface area contributed by atoms with Crippen molar-refractivity contribution < 1.29 is 13.9 Å². The minimum Gasteiger partial charge on any atom is -0.497 e. The van der Waals surface area contributed by atoms with E-state index in [1.54, 1.807) is 13.3 Å². The summed E-state index contributed by atoms with van der Waals surface area (Å²) >= 11 is 0. The third-order valence-corrected chi connectivity index (χ3v) is 3.00. The van der Waals surface area contributed by atoms with Crippen molar-refractivity contribution in [2.45, 2.75) is 20.3 Å². The van der Waals surface area contributed by atoms with Gasteiger partial charge in [0, 0.05) is 5.56 Å². The molecule has 1 N–H and O–H groups in total. The van der Waals surface area contributed by atoms with Gasteiger partial charge in [0.2, 0.25) is 5.91 Å². The minimum atomic E-state index is -0.172. The summed E-state index contributed by atoms with van der Waals surface area (Å²) in [5.41, 5.74) is 4.26. The average Bonchev–Trinajstić information content (AvgIpc) is 2.78. The first kappa shape index (κ1) is 14.8. The second kappa shape index (κ2) is 6.74. The zero-order valence-electron chi connectivity index (χ0n) is 12.3. The zero-order chi connectivity index (χ0) is 15.2. The van der Waals surface area contributed by atoms with Crippen LogP contribution in [0.15, 0.2) is 39.9 Å². The molecule has 1 amide bonds. The number of carbonyl (C=O) groups excluding carboxylic acids is 1. The number of nitrogens with zero attached hydrogens (tertiary/aromatic N) is 1. The summed E-state index contributed by atoms with van der Waals surface area (Å²) in [7, 11) is 1.61. The molecule has 1 heterocycles. The van der Waals surface area contributed by atoms with E-state index in [-0.39, 0.29) is 12.3 Å². The topological polar surface area (TPSA) is 63.8 Å². The number of hydrogen-bond acceptors (Lipinski definition) is 4. The molecule has 0 spiro atoms. The molecule has 0 fully saturated rings. The molecule has 0 saturated heterocycles. The number of aryl methyl sites for hydroxylation is 2. The largest absolute Gasteiger partial charge is 0.497 e. The number of benzene rings is 1. The maximum atomic E-state index is 11.8. The smallest absolute Gasteiger partial charge is 0.244 e. The van der Waals surface area contributed by atoms with E-state index in [0.717, 1.165) is 28.4 Å². The Hall–Kier alpha value is -2.56. The van der Waals surface area contributed by atoms with Crippen LogP contribution >= 0.6 is 0 Å². The fourth-order valence-electron chi connectivity index (χ4n) is 1.92. The van der Waals surface area contributed by atoms with Crippen LogP contribution in [0, 0.1) is 13.8 Å². The predicted octanol–water partition coefficient (Wildman–Crippen LogP) is 2.60. The molecule has 2 aromatic rings. The highest BCUT2D eigenvalue weighted by atomic mass is 16.5. The highest BCUT2D eigenvalue weighted by molar-refractivity contribution is 5.84. The van der Waals surface area contributed by atoms with Crippen LogP contribution in [0.5, 0.6) is 5.75 Å². The van der Waals surface area contributed by atoms with Gasteiger partial charge in [-0.3, -0.25) is 4.79 Å². The number of nitrogens with one attached hydrogen (secondary N) is 1. The Labute approximate surface area is 123 Å². The fraction of sp³-hybridized carbons (Fsp3) is 0.250. The molecule has 2 rings (SSSR count). The first-order valence-electron chi connectivity index (χ1n) is 6.60. The molecule has 0 aliphatic carbocycles. The molecule has 0 unspecified atom stereocenters.